The zero-order valence-corrected chi connectivity index (χ0v) is 18.7. The van der Waals surface area contributed by atoms with Crippen molar-refractivity contribution >= 4 is 11.7 Å². The Balaban J connectivity index is 1.32. The number of urea groups is 1. The highest BCUT2D eigenvalue weighted by Gasteiger charge is 2.23. The Hall–Kier alpha value is -3.12. The first kappa shape index (κ1) is 21.1. The molecule has 31 heavy (non-hydrogen) atoms. The van der Waals surface area contributed by atoms with Gasteiger partial charge in [-0.15, -0.1) is 0 Å². The average molecular weight is 419 g/mol. The van der Waals surface area contributed by atoms with Gasteiger partial charge in [0.1, 0.15) is 5.76 Å². The molecule has 2 heterocycles. The Morgan fingerprint density at radius 1 is 0.968 bits per heavy atom. The van der Waals surface area contributed by atoms with Crippen LogP contribution in [0.25, 0.3) is 11.5 Å². The molecule has 0 bridgehead atoms. The Bertz CT molecular complexity index is 1060. The first-order valence-corrected chi connectivity index (χ1v) is 10.8. The smallest absolute Gasteiger partial charge is 0.321 e. The van der Waals surface area contributed by atoms with Crippen LogP contribution in [0.5, 0.6) is 0 Å². The Labute approximate surface area is 183 Å². The van der Waals surface area contributed by atoms with Crippen molar-refractivity contribution in [3.63, 3.8) is 0 Å². The molecule has 2 amide bonds. The largest absolute Gasteiger partial charge is 0.441 e. The number of benzene rings is 2. The minimum absolute atomic E-state index is 0.0397. The van der Waals surface area contributed by atoms with Crippen LogP contribution in [0.2, 0.25) is 0 Å². The summed E-state index contributed by atoms with van der Waals surface area (Å²) in [6.07, 6.45) is 0. The van der Waals surface area contributed by atoms with E-state index in [1.165, 1.54) is 16.7 Å². The van der Waals surface area contributed by atoms with Gasteiger partial charge in [-0.05, 0) is 63.1 Å². The molecule has 6 heteroatoms. The molecule has 2 aromatic carbocycles. The van der Waals surface area contributed by atoms with E-state index in [-0.39, 0.29) is 6.03 Å². The number of amides is 2. The van der Waals surface area contributed by atoms with Gasteiger partial charge >= 0.3 is 6.03 Å². The van der Waals surface area contributed by atoms with Crippen LogP contribution in [-0.2, 0) is 6.54 Å². The van der Waals surface area contributed by atoms with Crippen LogP contribution >= 0.6 is 0 Å². The number of hydrogen-bond acceptors (Lipinski definition) is 4. The van der Waals surface area contributed by atoms with E-state index in [9.17, 15) is 4.79 Å². The quantitative estimate of drug-likeness (QED) is 0.653. The summed E-state index contributed by atoms with van der Waals surface area (Å²) < 4.78 is 5.91. The molecule has 1 aliphatic heterocycles. The predicted octanol–water partition coefficient (Wildman–Crippen LogP) is 4.92. The van der Waals surface area contributed by atoms with Gasteiger partial charge in [0.2, 0.25) is 5.89 Å². The van der Waals surface area contributed by atoms with E-state index in [1.807, 2.05) is 42.2 Å². The number of carbonyl (C=O) groups is 1. The molecule has 162 valence electrons. The van der Waals surface area contributed by atoms with Crippen LogP contribution in [0.1, 0.15) is 28.1 Å². The molecule has 4 rings (SSSR count). The number of aromatic nitrogens is 1. The zero-order chi connectivity index (χ0) is 22.0. The number of carbonyl (C=O) groups excluding carboxylic acids is 1. The summed E-state index contributed by atoms with van der Waals surface area (Å²) in [5.74, 6) is 1.52. The van der Waals surface area contributed by atoms with E-state index in [4.69, 9.17) is 9.40 Å². The number of oxazole rings is 1. The highest BCUT2D eigenvalue weighted by molar-refractivity contribution is 5.89. The molecule has 1 aromatic heterocycles. The summed E-state index contributed by atoms with van der Waals surface area (Å²) in [7, 11) is 0. The maximum atomic E-state index is 12.6. The monoisotopic (exact) mass is 418 g/mol. The molecular formula is C25H30N4O2. The summed E-state index contributed by atoms with van der Waals surface area (Å²) in [4.78, 5) is 21.6. The normalized spacial score (nSPS) is 14.6. The number of aryl methyl sites for hydroxylation is 4. The molecule has 1 aliphatic rings. The van der Waals surface area contributed by atoms with Crippen molar-refractivity contribution < 1.29 is 9.21 Å². The Kier molecular flexibility index (Phi) is 6.09. The van der Waals surface area contributed by atoms with Gasteiger partial charge < -0.3 is 14.6 Å². The Morgan fingerprint density at radius 3 is 2.35 bits per heavy atom. The van der Waals surface area contributed by atoms with Gasteiger partial charge in [0, 0.05) is 44.0 Å². The molecule has 0 unspecified atom stereocenters. The van der Waals surface area contributed by atoms with E-state index >= 15 is 0 Å². The maximum Gasteiger partial charge on any atom is 0.321 e. The van der Waals surface area contributed by atoms with Crippen molar-refractivity contribution in [2.24, 2.45) is 0 Å². The van der Waals surface area contributed by atoms with Crippen molar-refractivity contribution in [1.82, 2.24) is 14.8 Å². The van der Waals surface area contributed by atoms with Crippen LogP contribution in [0.4, 0.5) is 10.5 Å². The third-order valence-electron chi connectivity index (χ3n) is 5.98. The predicted molar refractivity (Wildman–Crippen MR) is 123 cm³/mol. The van der Waals surface area contributed by atoms with Gasteiger partial charge in [-0.25, -0.2) is 9.78 Å². The molecule has 1 saturated heterocycles. The maximum absolute atomic E-state index is 12.6. The highest BCUT2D eigenvalue weighted by Crippen LogP contribution is 2.23. The number of rotatable bonds is 4. The summed E-state index contributed by atoms with van der Waals surface area (Å²) >= 11 is 0. The average Bonchev–Trinajstić information content (AvgIpc) is 3.12. The fourth-order valence-corrected chi connectivity index (χ4v) is 3.74. The van der Waals surface area contributed by atoms with Gasteiger partial charge in [-0.2, -0.15) is 0 Å². The lowest BCUT2D eigenvalue weighted by Gasteiger charge is -2.34. The number of nitrogens with zero attached hydrogens (tertiary/aromatic N) is 3. The van der Waals surface area contributed by atoms with Crippen molar-refractivity contribution in [2.45, 2.75) is 34.2 Å². The summed E-state index contributed by atoms with van der Waals surface area (Å²) in [6.45, 7) is 11.9. The molecular weight excluding hydrogens is 388 g/mol. The van der Waals surface area contributed by atoms with Crippen LogP contribution in [0.15, 0.2) is 46.9 Å². The standard InChI is InChI=1S/C25H30N4O2/c1-17-5-8-21(9-6-17)24-27-23(20(4)31-24)16-28-11-13-29(14-12-28)25(30)26-22-10-7-18(2)19(3)15-22/h5-10,15H,11-14,16H2,1-4H3,(H,26,30). The molecule has 1 fully saturated rings. The molecule has 0 atom stereocenters. The van der Waals surface area contributed by atoms with E-state index in [0.717, 1.165) is 42.3 Å². The third-order valence-corrected chi connectivity index (χ3v) is 5.98. The fraction of sp³-hybridized carbons (Fsp3) is 0.360. The zero-order valence-electron chi connectivity index (χ0n) is 18.7. The van der Waals surface area contributed by atoms with Crippen LogP contribution in [0, 0.1) is 27.7 Å². The first-order valence-electron chi connectivity index (χ1n) is 10.8. The van der Waals surface area contributed by atoms with Crippen LogP contribution in [-0.4, -0.2) is 47.0 Å². The highest BCUT2D eigenvalue weighted by atomic mass is 16.4. The lowest BCUT2D eigenvalue weighted by atomic mass is 10.1. The first-order chi connectivity index (χ1) is 14.9. The van der Waals surface area contributed by atoms with Gasteiger partial charge in [-0.3, -0.25) is 4.90 Å². The summed E-state index contributed by atoms with van der Waals surface area (Å²) in [6, 6.07) is 14.2. The summed E-state index contributed by atoms with van der Waals surface area (Å²) in [5.41, 5.74) is 6.41. The third kappa shape index (κ3) is 4.97. The topological polar surface area (TPSA) is 61.6 Å². The van der Waals surface area contributed by atoms with Gasteiger partial charge in [0.05, 0.1) is 5.69 Å². The lowest BCUT2D eigenvalue weighted by Crippen LogP contribution is -2.49. The molecule has 3 aromatic rings. The van der Waals surface area contributed by atoms with Crippen LogP contribution in [0.3, 0.4) is 0 Å². The van der Waals surface area contributed by atoms with E-state index in [1.54, 1.807) is 0 Å². The molecule has 1 N–H and O–H groups in total. The van der Waals surface area contributed by atoms with Gasteiger partial charge in [0.15, 0.2) is 0 Å². The van der Waals surface area contributed by atoms with Crippen molar-refractivity contribution in [3.05, 3.63) is 70.6 Å². The molecule has 0 spiro atoms. The number of piperazine rings is 1. The number of nitrogens with one attached hydrogen (secondary N) is 1. The minimum Gasteiger partial charge on any atom is -0.441 e. The van der Waals surface area contributed by atoms with E-state index in [0.29, 0.717) is 19.0 Å². The second-order valence-corrected chi connectivity index (χ2v) is 8.38. The Morgan fingerprint density at radius 2 is 1.68 bits per heavy atom. The van der Waals surface area contributed by atoms with Crippen molar-refractivity contribution in [2.75, 3.05) is 31.5 Å². The molecule has 0 saturated carbocycles. The van der Waals surface area contributed by atoms with Crippen molar-refractivity contribution in [1.29, 1.82) is 0 Å². The van der Waals surface area contributed by atoms with Crippen molar-refractivity contribution in [3.8, 4) is 11.5 Å². The minimum atomic E-state index is -0.0397. The molecule has 0 radical (unpaired) electrons. The fourth-order valence-electron chi connectivity index (χ4n) is 3.74. The second-order valence-electron chi connectivity index (χ2n) is 8.38. The van der Waals surface area contributed by atoms with Crippen LogP contribution < -0.4 is 5.32 Å². The lowest BCUT2D eigenvalue weighted by molar-refractivity contribution is 0.141. The van der Waals surface area contributed by atoms with Gasteiger partial charge in [0.25, 0.3) is 0 Å². The SMILES string of the molecule is Cc1ccc(-c2nc(CN3CCN(C(=O)Nc4ccc(C)c(C)c4)CC3)c(C)o2)cc1. The number of anilines is 1. The van der Waals surface area contributed by atoms with E-state index in [2.05, 4.69) is 43.1 Å². The van der Waals surface area contributed by atoms with Gasteiger partial charge in [-0.1, -0.05) is 23.8 Å². The number of hydrogen-bond donors (Lipinski definition) is 1. The van der Waals surface area contributed by atoms with E-state index < -0.39 is 0 Å². The molecule has 6 nitrogen and oxygen atoms in total. The summed E-state index contributed by atoms with van der Waals surface area (Å²) in [5, 5.41) is 3.02. The molecule has 0 aliphatic carbocycles. The second kappa shape index (κ2) is 8.94.